The van der Waals surface area contributed by atoms with Crippen molar-refractivity contribution >= 4 is 23.4 Å². The molecular formula is C7H13ClO2S. The minimum atomic E-state index is -0.676. The maximum atomic E-state index is 9.44. The molecule has 2 N–H and O–H groups in total. The van der Waals surface area contributed by atoms with Gasteiger partial charge in [0.1, 0.15) is 0 Å². The molecule has 0 aromatic carbocycles. The van der Waals surface area contributed by atoms with Crippen LogP contribution in [0.25, 0.3) is 0 Å². The third-order valence-electron chi connectivity index (χ3n) is 1.89. The molecule has 4 atom stereocenters. The van der Waals surface area contributed by atoms with Gasteiger partial charge in [-0.3, -0.25) is 0 Å². The van der Waals surface area contributed by atoms with Crippen molar-refractivity contribution in [3.05, 3.63) is 0 Å². The fourth-order valence-electron chi connectivity index (χ4n) is 1.17. The van der Waals surface area contributed by atoms with Crippen LogP contribution in [0.2, 0.25) is 0 Å². The SMILES string of the molecule is CC(O)C(O)C1SCCC1Cl. The first-order chi connectivity index (χ1) is 5.13. The van der Waals surface area contributed by atoms with E-state index in [0.29, 0.717) is 0 Å². The highest BCUT2D eigenvalue weighted by molar-refractivity contribution is 8.00. The van der Waals surface area contributed by atoms with Crippen LogP contribution in [-0.2, 0) is 0 Å². The summed E-state index contributed by atoms with van der Waals surface area (Å²) in [5.41, 5.74) is 0. The Labute approximate surface area is 75.9 Å². The van der Waals surface area contributed by atoms with E-state index in [2.05, 4.69) is 0 Å². The van der Waals surface area contributed by atoms with Gasteiger partial charge in [-0.05, 0) is 19.1 Å². The largest absolute Gasteiger partial charge is 0.391 e. The van der Waals surface area contributed by atoms with Gasteiger partial charge in [0.05, 0.1) is 12.2 Å². The monoisotopic (exact) mass is 196 g/mol. The van der Waals surface area contributed by atoms with E-state index in [-0.39, 0.29) is 10.6 Å². The van der Waals surface area contributed by atoms with Gasteiger partial charge in [0, 0.05) is 10.6 Å². The molecule has 0 aromatic rings. The maximum Gasteiger partial charge on any atom is 0.0928 e. The fraction of sp³-hybridized carbons (Fsp3) is 1.00. The molecule has 0 saturated carbocycles. The molecule has 66 valence electrons. The average molecular weight is 197 g/mol. The molecule has 1 fully saturated rings. The van der Waals surface area contributed by atoms with Crippen LogP contribution in [0.1, 0.15) is 13.3 Å². The van der Waals surface area contributed by atoms with Crippen molar-refractivity contribution in [1.82, 2.24) is 0 Å². The molecule has 1 aliphatic rings. The van der Waals surface area contributed by atoms with Gasteiger partial charge in [-0.1, -0.05) is 0 Å². The van der Waals surface area contributed by atoms with Crippen LogP contribution in [0.3, 0.4) is 0 Å². The van der Waals surface area contributed by atoms with E-state index in [1.54, 1.807) is 18.7 Å². The molecule has 1 rings (SSSR count). The van der Waals surface area contributed by atoms with E-state index in [4.69, 9.17) is 16.7 Å². The standard InChI is InChI=1S/C7H13ClO2S/c1-4(9)6(10)7-5(8)2-3-11-7/h4-7,9-10H,2-3H2,1H3. The lowest BCUT2D eigenvalue weighted by Gasteiger charge is -2.22. The van der Waals surface area contributed by atoms with E-state index in [1.165, 1.54) is 0 Å². The summed E-state index contributed by atoms with van der Waals surface area (Å²) in [7, 11) is 0. The molecule has 4 heteroatoms. The van der Waals surface area contributed by atoms with Gasteiger partial charge < -0.3 is 10.2 Å². The van der Waals surface area contributed by atoms with Gasteiger partial charge in [-0.2, -0.15) is 11.8 Å². The molecule has 11 heavy (non-hydrogen) atoms. The lowest BCUT2D eigenvalue weighted by Crippen LogP contribution is -2.36. The molecule has 0 spiro atoms. The highest BCUT2D eigenvalue weighted by Gasteiger charge is 2.34. The van der Waals surface area contributed by atoms with Crippen molar-refractivity contribution in [3.8, 4) is 0 Å². The fourth-order valence-corrected chi connectivity index (χ4v) is 3.21. The second-order valence-electron chi connectivity index (χ2n) is 2.87. The molecule has 0 amide bonds. The summed E-state index contributed by atoms with van der Waals surface area (Å²) in [6, 6.07) is 0. The zero-order chi connectivity index (χ0) is 8.43. The summed E-state index contributed by atoms with van der Waals surface area (Å²) in [4.78, 5) is 0. The van der Waals surface area contributed by atoms with Crippen molar-refractivity contribution in [2.24, 2.45) is 0 Å². The van der Waals surface area contributed by atoms with Crippen LogP contribution in [0, 0.1) is 0 Å². The van der Waals surface area contributed by atoms with E-state index in [9.17, 15) is 5.11 Å². The lowest BCUT2D eigenvalue weighted by atomic mass is 10.1. The van der Waals surface area contributed by atoms with Crippen molar-refractivity contribution in [3.63, 3.8) is 0 Å². The lowest BCUT2D eigenvalue weighted by molar-refractivity contribution is 0.0306. The Morgan fingerprint density at radius 3 is 2.55 bits per heavy atom. The number of hydrogen-bond donors (Lipinski definition) is 2. The molecule has 1 saturated heterocycles. The molecular weight excluding hydrogens is 184 g/mol. The summed E-state index contributed by atoms with van der Waals surface area (Å²) in [6.07, 6.45) is -0.419. The van der Waals surface area contributed by atoms with Crippen molar-refractivity contribution in [2.75, 3.05) is 5.75 Å². The van der Waals surface area contributed by atoms with E-state index in [0.717, 1.165) is 12.2 Å². The van der Waals surface area contributed by atoms with Crippen molar-refractivity contribution in [2.45, 2.75) is 36.2 Å². The maximum absolute atomic E-state index is 9.44. The number of alkyl halides is 1. The van der Waals surface area contributed by atoms with Gasteiger partial charge in [-0.25, -0.2) is 0 Å². The summed E-state index contributed by atoms with van der Waals surface area (Å²) < 4.78 is 0. The highest BCUT2D eigenvalue weighted by Crippen LogP contribution is 2.33. The van der Waals surface area contributed by atoms with E-state index in [1.807, 2.05) is 0 Å². The van der Waals surface area contributed by atoms with Crippen molar-refractivity contribution < 1.29 is 10.2 Å². The Bertz CT molecular complexity index is 132. The Morgan fingerprint density at radius 2 is 2.18 bits per heavy atom. The number of hydrogen-bond acceptors (Lipinski definition) is 3. The predicted molar refractivity (Wildman–Crippen MR) is 48.2 cm³/mol. The number of aliphatic hydroxyl groups excluding tert-OH is 2. The Kier molecular flexibility index (Phi) is 3.50. The minimum Gasteiger partial charge on any atom is -0.391 e. The first-order valence-electron chi connectivity index (χ1n) is 3.74. The van der Waals surface area contributed by atoms with Crippen LogP contribution >= 0.6 is 23.4 Å². The van der Waals surface area contributed by atoms with Crippen LogP contribution in [-0.4, -0.2) is 38.8 Å². The molecule has 4 unspecified atom stereocenters. The first-order valence-corrected chi connectivity index (χ1v) is 5.23. The van der Waals surface area contributed by atoms with Crippen LogP contribution in [0.5, 0.6) is 0 Å². The molecule has 0 bridgehead atoms. The summed E-state index contributed by atoms with van der Waals surface area (Å²) in [5.74, 6) is 0.989. The Hall–Kier alpha value is 0.560. The summed E-state index contributed by atoms with van der Waals surface area (Å²) in [6.45, 7) is 1.59. The van der Waals surface area contributed by atoms with Crippen LogP contribution in [0.15, 0.2) is 0 Å². The predicted octanol–water partition coefficient (Wildman–Crippen LogP) is 0.841. The van der Waals surface area contributed by atoms with Gasteiger partial charge in [-0.15, -0.1) is 11.6 Å². The smallest absolute Gasteiger partial charge is 0.0928 e. The molecule has 2 nitrogen and oxygen atoms in total. The Morgan fingerprint density at radius 1 is 1.55 bits per heavy atom. The molecule has 1 heterocycles. The highest BCUT2D eigenvalue weighted by atomic mass is 35.5. The number of rotatable bonds is 2. The van der Waals surface area contributed by atoms with Gasteiger partial charge in [0.2, 0.25) is 0 Å². The number of thioether (sulfide) groups is 1. The Balaban J connectivity index is 2.45. The quantitative estimate of drug-likeness (QED) is 0.644. The second kappa shape index (κ2) is 3.99. The van der Waals surface area contributed by atoms with Gasteiger partial charge >= 0.3 is 0 Å². The van der Waals surface area contributed by atoms with E-state index < -0.39 is 12.2 Å². The molecule has 0 radical (unpaired) electrons. The topological polar surface area (TPSA) is 40.5 Å². The third-order valence-corrected chi connectivity index (χ3v) is 3.99. The van der Waals surface area contributed by atoms with Crippen molar-refractivity contribution in [1.29, 1.82) is 0 Å². The van der Waals surface area contributed by atoms with Gasteiger partial charge in [0.15, 0.2) is 0 Å². The zero-order valence-electron chi connectivity index (χ0n) is 6.40. The summed E-state index contributed by atoms with van der Waals surface area (Å²) in [5, 5.41) is 18.5. The second-order valence-corrected chi connectivity index (χ2v) is 4.72. The van der Waals surface area contributed by atoms with Gasteiger partial charge in [0.25, 0.3) is 0 Å². The average Bonchev–Trinajstić information content (AvgIpc) is 2.33. The number of aliphatic hydroxyl groups is 2. The summed E-state index contributed by atoms with van der Waals surface area (Å²) >= 11 is 7.57. The van der Waals surface area contributed by atoms with Crippen LogP contribution < -0.4 is 0 Å². The van der Waals surface area contributed by atoms with Crippen LogP contribution in [0.4, 0.5) is 0 Å². The molecule has 0 aliphatic carbocycles. The first kappa shape index (κ1) is 9.65. The number of halogens is 1. The van der Waals surface area contributed by atoms with E-state index >= 15 is 0 Å². The third kappa shape index (κ3) is 2.25. The zero-order valence-corrected chi connectivity index (χ0v) is 7.98. The molecule has 1 aliphatic heterocycles. The normalized spacial score (nSPS) is 37.1. The molecule has 0 aromatic heterocycles. The minimum absolute atomic E-state index is 0.0108.